The van der Waals surface area contributed by atoms with Crippen molar-refractivity contribution in [3.05, 3.63) is 48.0 Å². The third-order valence-electron chi connectivity index (χ3n) is 4.92. The molecule has 0 radical (unpaired) electrons. The maximum Gasteiger partial charge on any atom is 0.188 e. The molecule has 198 valence electrons. The van der Waals surface area contributed by atoms with E-state index in [1.54, 1.807) is 50.1 Å². The van der Waals surface area contributed by atoms with Crippen LogP contribution in [0.15, 0.2) is 36.7 Å². The van der Waals surface area contributed by atoms with Crippen LogP contribution in [0.25, 0.3) is 0 Å². The topological polar surface area (TPSA) is 140 Å². The van der Waals surface area contributed by atoms with E-state index in [1.165, 1.54) is 0 Å². The number of hydrogen-bond donors (Lipinski definition) is 6. The maximum absolute atomic E-state index is 7.95. The van der Waals surface area contributed by atoms with Crippen LogP contribution in [-0.4, -0.2) is 73.8 Å². The van der Waals surface area contributed by atoms with Crippen molar-refractivity contribution in [1.82, 2.24) is 31.2 Å². The van der Waals surface area contributed by atoms with Crippen molar-refractivity contribution in [3.8, 4) is 11.5 Å². The standard InChI is InChI=1S/C24H38N8O2S2/c1-33-21-7-5-11-27-19(21)17-35-15-13-31-23(25)29-9-3-4-10-30-24(26)32-14-16-36-18-20-22(34-2)8-6-12-28-20/h5-8,11-12H,3-4,9-10,13-18H2,1-2H3,(H3,25,29,31)(H3,26,30,32). The Hall–Kier alpha value is -2.86. The van der Waals surface area contributed by atoms with Gasteiger partial charge < -0.3 is 30.7 Å². The first-order valence-electron chi connectivity index (χ1n) is 11.9. The van der Waals surface area contributed by atoms with Gasteiger partial charge in [-0.2, -0.15) is 23.5 Å². The van der Waals surface area contributed by atoms with Gasteiger partial charge in [0.25, 0.3) is 0 Å². The van der Waals surface area contributed by atoms with E-state index in [-0.39, 0.29) is 0 Å². The van der Waals surface area contributed by atoms with Crippen molar-refractivity contribution in [2.75, 3.05) is 51.9 Å². The van der Waals surface area contributed by atoms with Crippen LogP contribution in [0, 0.1) is 10.8 Å². The zero-order valence-electron chi connectivity index (χ0n) is 21.1. The molecule has 0 spiro atoms. The van der Waals surface area contributed by atoms with Crippen molar-refractivity contribution < 1.29 is 9.47 Å². The zero-order valence-corrected chi connectivity index (χ0v) is 22.7. The largest absolute Gasteiger partial charge is 0.495 e. The predicted molar refractivity (Wildman–Crippen MR) is 151 cm³/mol. The number of aromatic nitrogens is 2. The van der Waals surface area contributed by atoms with Crippen LogP contribution in [0.3, 0.4) is 0 Å². The van der Waals surface area contributed by atoms with Crippen molar-refractivity contribution in [2.24, 2.45) is 0 Å². The quantitative estimate of drug-likeness (QED) is 0.102. The minimum Gasteiger partial charge on any atom is -0.495 e. The predicted octanol–water partition coefficient (Wildman–Crippen LogP) is 2.67. The first-order chi connectivity index (χ1) is 17.6. The molecule has 0 saturated carbocycles. The summed E-state index contributed by atoms with van der Waals surface area (Å²) in [6.07, 6.45) is 5.38. The average Bonchev–Trinajstić information content (AvgIpc) is 2.90. The number of nitrogens with one attached hydrogen (secondary N) is 6. The monoisotopic (exact) mass is 534 g/mol. The van der Waals surface area contributed by atoms with E-state index in [0.29, 0.717) is 25.0 Å². The second-order valence-electron chi connectivity index (χ2n) is 7.57. The lowest BCUT2D eigenvalue weighted by molar-refractivity contribution is 0.409. The fourth-order valence-corrected chi connectivity index (χ4v) is 4.67. The second-order valence-corrected chi connectivity index (χ2v) is 9.78. The Morgan fingerprint density at radius 2 is 1.14 bits per heavy atom. The van der Waals surface area contributed by atoms with Gasteiger partial charge in [-0.1, -0.05) is 0 Å². The van der Waals surface area contributed by atoms with Crippen molar-refractivity contribution >= 4 is 35.4 Å². The number of guanidine groups is 2. The molecule has 2 aromatic heterocycles. The molecule has 2 aromatic rings. The van der Waals surface area contributed by atoms with Crippen LogP contribution in [-0.2, 0) is 11.5 Å². The molecule has 2 heterocycles. The first kappa shape index (κ1) is 29.4. The maximum atomic E-state index is 7.95. The first-order valence-corrected chi connectivity index (χ1v) is 14.2. The molecule has 12 heteroatoms. The number of rotatable bonds is 17. The van der Waals surface area contributed by atoms with E-state index in [9.17, 15) is 0 Å². The molecular formula is C24H38N8O2S2. The van der Waals surface area contributed by atoms with Gasteiger partial charge in [-0.25, -0.2) is 0 Å². The molecule has 6 N–H and O–H groups in total. The number of methoxy groups -OCH3 is 2. The summed E-state index contributed by atoms with van der Waals surface area (Å²) in [5.41, 5.74) is 1.88. The highest BCUT2D eigenvalue weighted by Crippen LogP contribution is 2.20. The zero-order chi connectivity index (χ0) is 25.8. The molecule has 36 heavy (non-hydrogen) atoms. The van der Waals surface area contributed by atoms with Crippen LogP contribution in [0.4, 0.5) is 0 Å². The number of pyridine rings is 2. The Bertz CT molecular complexity index is 846. The Morgan fingerprint density at radius 3 is 1.56 bits per heavy atom. The minimum atomic E-state index is 0.342. The molecule has 0 amide bonds. The van der Waals surface area contributed by atoms with Crippen LogP contribution in [0.5, 0.6) is 11.5 Å². The Kier molecular flexibility index (Phi) is 15.0. The Morgan fingerprint density at radius 1 is 0.722 bits per heavy atom. The number of nitrogens with zero attached hydrogens (tertiary/aromatic N) is 2. The highest BCUT2D eigenvalue weighted by atomic mass is 32.2. The molecule has 2 rings (SSSR count). The summed E-state index contributed by atoms with van der Waals surface area (Å²) in [6.45, 7) is 2.87. The summed E-state index contributed by atoms with van der Waals surface area (Å²) < 4.78 is 10.6. The number of thioether (sulfide) groups is 2. The van der Waals surface area contributed by atoms with Gasteiger partial charge in [-0.05, 0) is 37.1 Å². The van der Waals surface area contributed by atoms with Crippen molar-refractivity contribution in [1.29, 1.82) is 10.8 Å². The van der Waals surface area contributed by atoms with Gasteiger partial charge in [-0.3, -0.25) is 20.8 Å². The molecule has 0 aliphatic carbocycles. The molecule has 0 aliphatic rings. The fraction of sp³-hybridized carbons (Fsp3) is 0.500. The van der Waals surface area contributed by atoms with Crippen molar-refractivity contribution in [2.45, 2.75) is 24.3 Å². The van der Waals surface area contributed by atoms with E-state index in [2.05, 4.69) is 31.2 Å². The molecule has 0 atom stereocenters. The third-order valence-corrected chi connectivity index (χ3v) is 6.86. The van der Waals surface area contributed by atoms with Crippen molar-refractivity contribution in [3.63, 3.8) is 0 Å². The molecule has 10 nitrogen and oxygen atoms in total. The molecule has 0 aliphatic heterocycles. The van der Waals surface area contributed by atoms with E-state index < -0.39 is 0 Å². The highest BCUT2D eigenvalue weighted by Gasteiger charge is 2.04. The van der Waals surface area contributed by atoms with Crippen LogP contribution >= 0.6 is 23.5 Å². The molecular weight excluding hydrogens is 496 g/mol. The average molecular weight is 535 g/mol. The number of unbranched alkanes of at least 4 members (excludes halogenated alkanes) is 1. The summed E-state index contributed by atoms with van der Waals surface area (Å²) in [5, 5.41) is 28.2. The SMILES string of the molecule is COc1cccnc1CSCCNC(=N)NCCCCNC(=N)NCCSCc1ncccc1OC. The van der Waals surface area contributed by atoms with Crippen LogP contribution < -0.4 is 30.7 Å². The highest BCUT2D eigenvalue weighted by molar-refractivity contribution is 7.98. The van der Waals surface area contributed by atoms with E-state index >= 15 is 0 Å². The molecule has 0 unspecified atom stereocenters. The van der Waals surface area contributed by atoms with Crippen LogP contribution in [0.1, 0.15) is 24.2 Å². The third kappa shape index (κ3) is 12.2. The molecule has 0 aromatic carbocycles. The lowest BCUT2D eigenvalue weighted by atomic mass is 10.3. The van der Waals surface area contributed by atoms with Gasteiger partial charge in [0.2, 0.25) is 0 Å². The van der Waals surface area contributed by atoms with E-state index in [0.717, 1.165) is 71.8 Å². The van der Waals surface area contributed by atoms with Crippen LogP contribution in [0.2, 0.25) is 0 Å². The van der Waals surface area contributed by atoms with Gasteiger partial charge in [0.1, 0.15) is 11.5 Å². The summed E-state index contributed by atoms with van der Waals surface area (Å²) in [4.78, 5) is 8.69. The number of ether oxygens (including phenoxy) is 2. The molecule has 0 bridgehead atoms. The van der Waals surface area contributed by atoms with Gasteiger partial charge in [-0.15, -0.1) is 0 Å². The van der Waals surface area contributed by atoms with E-state index in [1.807, 2.05) is 24.3 Å². The lowest BCUT2D eigenvalue weighted by Gasteiger charge is -2.12. The summed E-state index contributed by atoms with van der Waals surface area (Å²) >= 11 is 3.50. The lowest BCUT2D eigenvalue weighted by Crippen LogP contribution is -2.39. The van der Waals surface area contributed by atoms with E-state index in [4.69, 9.17) is 20.3 Å². The number of hydrogen-bond acceptors (Lipinski definition) is 8. The van der Waals surface area contributed by atoms with Gasteiger partial charge in [0.05, 0.1) is 25.6 Å². The fourth-order valence-electron chi connectivity index (χ4n) is 3.07. The van der Waals surface area contributed by atoms with Gasteiger partial charge >= 0.3 is 0 Å². The minimum absolute atomic E-state index is 0.342. The van der Waals surface area contributed by atoms with Gasteiger partial charge in [0, 0.05) is 61.6 Å². The van der Waals surface area contributed by atoms with Gasteiger partial charge in [0.15, 0.2) is 11.9 Å². The Labute approximate surface area is 222 Å². The smallest absolute Gasteiger partial charge is 0.188 e. The normalized spacial score (nSPS) is 10.4. The second kappa shape index (κ2) is 18.4. The molecule has 0 saturated heterocycles. The molecule has 0 fully saturated rings. The summed E-state index contributed by atoms with van der Waals surface area (Å²) in [7, 11) is 3.31. The Balaban J connectivity index is 1.39. The summed E-state index contributed by atoms with van der Waals surface area (Å²) in [5.74, 6) is 5.61. The summed E-state index contributed by atoms with van der Waals surface area (Å²) in [6, 6.07) is 7.56.